The third-order valence-electron chi connectivity index (χ3n) is 4.53. The van der Waals surface area contributed by atoms with Crippen molar-refractivity contribution in [2.45, 2.75) is 13.1 Å². The molecule has 0 amide bonds. The molecule has 0 atom stereocenters. The van der Waals surface area contributed by atoms with Crippen LogP contribution in [0.15, 0.2) is 48.5 Å². The van der Waals surface area contributed by atoms with Gasteiger partial charge in [0.15, 0.2) is 0 Å². The van der Waals surface area contributed by atoms with Gasteiger partial charge in [0.05, 0.1) is 14.2 Å². The molecule has 4 heteroatoms. The lowest BCUT2D eigenvalue weighted by Crippen LogP contribution is -2.45. The highest BCUT2D eigenvalue weighted by Gasteiger charge is 2.17. The second-order valence-electron chi connectivity index (χ2n) is 6.26. The van der Waals surface area contributed by atoms with Crippen molar-refractivity contribution in [2.75, 3.05) is 40.4 Å². The first-order valence-electron chi connectivity index (χ1n) is 8.47. The first-order chi connectivity index (χ1) is 11.8. The van der Waals surface area contributed by atoms with E-state index in [0.717, 1.165) is 50.8 Å². The first kappa shape index (κ1) is 16.8. The second-order valence-corrected chi connectivity index (χ2v) is 6.26. The van der Waals surface area contributed by atoms with Crippen molar-refractivity contribution < 1.29 is 9.47 Å². The number of hydrogen-bond donors (Lipinski definition) is 0. The van der Waals surface area contributed by atoms with E-state index in [9.17, 15) is 0 Å². The van der Waals surface area contributed by atoms with Crippen LogP contribution in [-0.4, -0.2) is 50.2 Å². The molecule has 1 saturated heterocycles. The summed E-state index contributed by atoms with van der Waals surface area (Å²) >= 11 is 0. The molecular weight excluding hydrogens is 300 g/mol. The summed E-state index contributed by atoms with van der Waals surface area (Å²) in [4.78, 5) is 5.02. The summed E-state index contributed by atoms with van der Waals surface area (Å²) in [5.74, 6) is 1.71. The molecule has 3 rings (SSSR count). The lowest BCUT2D eigenvalue weighted by molar-refractivity contribution is 0.122. The van der Waals surface area contributed by atoms with Crippen molar-refractivity contribution in [1.29, 1.82) is 0 Å². The maximum absolute atomic E-state index is 5.36. The average Bonchev–Trinajstić information content (AvgIpc) is 2.64. The number of nitrogens with zero attached hydrogens (tertiary/aromatic N) is 2. The molecule has 1 fully saturated rings. The molecule has 0 aromatic heterocycles. The van der Waals surface area contributed by atoms with Gasteiger partial charge in [0.2, 0.25) is 0 Å². The zero-order valence-electron chi connectivity index (χ0n) is 14.6. The van der Waals surface area contributed by atoms with Gasteiger partial charge in [-0.15, -0.1) is 0 Å². The van der Waals surface area contributed by atoms with Gasteiger partial charge in [-0.1, -0.05) is 30.3 Å². The van der Waals surface area contributed by atoms with E-state index in [1.54, 1.807) is 14.2 Å². The van der Waals surface area contributed by atoms with Crippen LogP contribution in [0.1, 0.15) is 11.1 Å². The Morgan fingerprint density at radius 3 is 1.71 bits per heavy atom. The van der Waals surface area contributed by atoms with E-state index in [4.69, 9.17) is 9.47 Å². The highest BCUT2D eigenvalue weighted by Crippen LogP contribution is 2.23. The molecule has 0 N–H and O–H groups in total. The maximum Gasteiger partial charge on any atom is 0.122 e. The average molecular weight is 326 g/mol. The van der Waals surface area contributed by atoms with E-state index in [2.05, 4.69) is 52.3 Å². The molecule has 0 spiro atoms. The molecule has 128 valence electrons. The summed E-state index contributed by atoms with van der Waals surface area (Å²) in [5, 5.41) is 0. The van der Waals surface area contributed by atoms with E-state index in [-0.39, 0.29) is 0 Å². The van der Waals surface area contributed by atoms with E-state index in [0.29, 0.717) is 0 Å². The summed E-state index contributed by atoms with van der Waals surface area (Å²) in [6.45, 7) is 6.37. The van der Waals surface area contributed by atoms with Gasteiger partial charge >= 0.3 is 0 Å². The fraction of sp³-hybridized carbons (Fsp3) is 0.400. The fourth-order valence-electron chi connectivity index (χ4n) is 3.16. The molecule has 1 aliphatic heterocycles. The summed E-state index contributed by atoms with van der Waals surface area (Å²) in [6, 6.07) is 16.8. The van der Waals surface area contributed by atoms with Crippen LogP contribution in [0, 0.1) is 0 Å². The normalized spacial score (nSPS) is 16.1. The predicted molar refractivity (Wildman–Crippen MR) is 96.5 cm³/mol. The minimum Gasteiger partial charge on any atom is -0.497 e. The Bertz CT molecular complexity index is 615. The van der Waals surface area contributed by atoms with Crippen LogP contribution in [0.4, 0.5) is 0 Å². The summed E-state index contributed by atoms with van der Waals surface area (Å²) in [5.41, 5.74) is 2.63. The number of benzene rings is 2. The largest absolute Gasteiger partial charge is 0.497 e. The Labute approximate surface area is 144 Å². The van der Waals surface area contributed by atoms with Crippen molar-refractivity contribution in [3.8, 4) is 11.5 Å². The molecule has 2 aromatic rings. The fourth-order valence-corrected chi connectivity index (χ4v) is 3.16. The Morgan fingerprint density at radius 1 is 0.708 bits per heavy atom. The van der Waals surface area contributed by atoms with Gasteiger partial charge < -0.3 is 9.47 Å². The van der Waals surface area contributed by atoms with Gasteiger partial charge in [-0.2, -0.15) is 0 Å². The molecule has 0 aliphatic carbocycles. The Balaban J connectivity index is 1.54. The summed E-state index contributed by atoms with van der Waals surface area (Å²) < 4.78 is 10.7. The molecule has 0 saturated carbocycles. The van der Waals surface area contributed by atoms with Crippen LogP contribution in [0.5, 0.6) is 11.5 Å². The summed E-state index contributed by atoms with van der Waals surface area (Å²) in [6.07, 6.45) is 0. The molecule has 1 aliphatic rings. The van der Waals surface area contributed by atoms with Crippen LogP contribution in [-0.2, 0) is 13.1 Å². The first-order valence-corrected chi connectivity index (χ1v) is 8.47. The topological polar surface area (TPSA) is 24.9 Å². The Morgan fingerprint density at radius 2 is 1.21 bits per heavy atom. The smallest absolute Gasteiger partial charge is 0.122 e. The van der Waals surface area contributed by atoms with Gasteiger partial charge in [-0.3, -0.25) is 9.80 Å². The SMILES string of the molecule is COc1cc(CN2CCN(Cc3ccccc3)CC2)cc(OC)c1. The molecular formula is C20H26N2O2. The molecule has 24 heavy (non-hydrogen) atoms. The Hall–Kier alpha value is -2.04. The molecule has 1 heterocycles. The molecule has 4 nitrogen and oxygen atoms in total. The van der Waals surface area contributed by atoms with E-state index in [1.807, 2.05) is 6.07 Å². The Kier molecular flexibility index (Phi) is 5.72. The van der Waals surface area contributed by atoms with Crippen LogP contribution >= 0.6 is 0 Å². The van der Waals surface area contributed by atoms with Crippen molar-refractivity contribution in [3.63, 3.8) is 0 Å². The zero-order valence-corrected chi connectivity index (χ0v) is 14.6. The predicted octanol–water partition coefficient (Wildman–Crippen LogP) is 3.02. The van der Waals surface area contributed by atoms with Crippen LogP contribution < -0.4 is 9.47 Å². The van der Waals surface area contributed by atoms with E-state index in [1.165, 1.54) is 11.1 Å². The highest BCUT2D eigenvalue weighted by molar-refractivity contribution is 5.38. The third-order valence-corrected chi connectivity index (χ3v) is 4.53. The molecule has 0 radical (unpaired) electrons. The van der Waals surface area contributed by atoms with Crippen molar-refractivity contribution in [3.05, 3.63) is 59.7 Å². The molecule has 0 unspecified atom stereocenters. The summed E-state index contributed by atoms with van der Waals surface area (Å²) in [7, 11) is 3.39. The minimum absolute atomic E-state index is 0.854. The van der Waals surface area contributed by atoms with Gasteiger partial charge in [0, 0.05) is 45.3 Å². The van der Waals surface area contributed by atoms with Crippen molar-refractivity contribution >= 4 is 0 Å². The molecule has 0 bridgehead atoms. The quantitative estimate of drug-likeness (QED) is 0.815. The van der Waals surface area contributed by atoms with Gasteiger partial charge in [-0.25, -0.2) is 0 Å². The van der Waals surface area contributed by atoms with E-state index >= 15 is 0 Å². The number of piperazine rings is 1. The van der Waals surface area contributed by atoms with Crippen LogP contribution in [0.3, 0.4) is 0 Å². The van der Waals surface area contributed by atoms with Gasteiger partial charge in [0.25, 0.3) is 0 Å². The number of hydrogen-bond acceptors (Lipinski definition) is 4. The van der Waals surface area contributed by atoms with Crippen LogP contribution in [0.2, 0.25) is 0 Å². The lowest BCUT2D eigenvalue weighted by Gasteiger charge is -2.34. The number of ether oxygens (including phenoxy) is 2. The highest BCUT2D eigenvalue weighted by atomic mass is 16.5. The lowest BCUT2D eigenvalue weighted by atomic mass is 10.1. The minimum atomic E-state index is 0.854. The monoisotopic (exact) mass is 326 g/mol. The zero-order chi connectivity index (χ0) is 16.8. The van der Waals surface area contributed by atoms with Gasteiger partial charge in [0.1, 0.15) is 11.5 Å². The van der Waals surface area contributed by atoms with E-state index < -0.39 is 0 Å². The third kappa shape index (κ3) is 4.49. The number of methoxy groups -OCH3 is 2. The molecule has 2 aromatic carbocycles. The maximum atomic E-state index is 5.36. The van der Waals surface area contributed by atoms with Gasteiger partial charge in [-0.05, 0) is 23.3 Å². The second kappa shape index (κ2) is 8.18. The number of rotatable bonds is 6. The van der Waals surface area contributed by atoms with Crippen molar-refractivity contribution in [2.24, 2.45) is 0 Å². The standard InChI is InChI=1S/C20H26N2O2/c1-23-19-12-18(13-20(14-19)24-2)16-22-10-8-21(9-11-22)15-17-6-4-3-5-7-17/h3-7,12-14H,8-11,15-16H2,1-2H3. The van der Waals surface area contributed by atoms with Crippen LogP contribution in [0.25, 0.3) is 0 Å². The van der Waals surface area contributed by atoms with Crippen molar-refractivity contribution in [1.82, 2.24) is 9.80 Å².